The molecule has 0 saturated carbocycles. The van der Waals surface area contributed by atoms with E-state index in [4.69, 9.17) is 16.3 Å². The second kappa shape index (κ2) is 9.22. The summed E-state index contributed by atoms with van der Waals surface area (Å²) in [5.74, 6) is -0.985. The number of esters is 1. The third kappa shape index (κ3) is 4.75. The summed E-state index contributed by atoms with van der Waals surface area (Å²) in [4.78, 5) is 25.2. The average Bonchev–Trinajstić information content (AvgIpc) is 3.44. The van der Waals surface area contributed by atoms with E-state index in [1.54, 1.807) is 29.6 Å². The third-order valence-electron chi connectivity index (χ3n) is 4.99. The molecule has 1 aliphatic rings. The minimum atomic E-state index is -3.76. The SMILES string of the molecule is O=C(C[C@@H]1c2ccccc2CCN1S(=O)(=O)c1cccs1)OCC(=O)c1ccc(Cl)s1. The lowest BCUT2D eigenvalue weighted by molar-refractivity contribution is -0.143. The van der Waals surface area contributed by atoms with Crippen molar-refractivity contribution in [3.63, 3.8) is 0 Å². The number of ether oxygens (including phenoxy) is 1. The van der Waals surface area contributed by atoms with E-state index in [0.29, 0.717) is 15.6 Å². The number of halogens is 1. The van der Waals surface area contributed by atoms with Crippen molar-refractivity contribution in [2.75, 3.05) is 13.2 Å². The molecule has 4 rings (SSSR count). The first kappa shape index (κ1) is 22.2. The van der Waals surface area contributed by atoms with Gasteiger partial charge in [-0.25, -0.2) is 8.42 Å². The molecule has 0 radical (unpaired) electrons. The number of fused-ring (bicyclic) bond motifs is 1. The molecule has 3 heterocycles. The van der Waals surface area contributed by atoms with Crippen LogP contribution in [0.1, 0.15) is 33.3 Å². The highest BCUT2D eigenvalue weighted by Crippen LogP contribution is 2.37. The first-order chi connectivity index (χ1) is 14.9. The maximum atomic E-state index is 13.2. The molecule has 10 heteroatoms. The van der Waals surface area contributed by atoms with Crippen LogP contribution in [0.3, 0.4) is 0 Å². The Labute approximate surface area is 193 Å². The minimum absolute atomic E-state index is 0.180. The van der Waals surface area contributed by atoms with Crippen molar-refractivity contribution in [1.29, 1.82) is 0 Å². The van der Waals surface area contributed by atoms with Crippen LogP contribution in [0.2, 0.25) is 4.34 Å². The third-order valence-corrected chi connectivity index (χ3v) is 9.55. The number of carbonyl (C=O) groups excluding carboxylic acids is 2. The number of Topliss-reactive ketones (excluding diaryl/α,β-unsaturated/α-hetero) is 1. The molecular weight excluding hydrogens is 478 g/mol. The maximum Gasteiger partial charge on any atom is 0.308 e. The molecule has 0 fully saturated rings. The average molecular weight is 496 g/mol. The summed E-state index contributed by atoms with van der Waals surface area (Å²) in [6.07, 6.45) is 0.379. The van der Waals surface area contributed by atoms with E-state index in [-0.39, 0.29) is 23.0 Å². The van der Waals surface area contributed by atoms with Crippen LogP contribution in [-0.2, 0) is 26.0 Å². The van der Waals surface area contributed by atoms with Crippen LogP contribution in [0.15, 0.2) is 58.1 Å². The van der Waals surface area contributed by atoms with Crippen molar-refractivity contribution in [2.24, 2.45) is 0 Å². The van der Waals surface area contributed by atoms with Gasteiger partial charge in [-0.3, -0.25) is 9.59 Å². The topological polar surface area (TPSA) is 80.8 Å². The summed E-state index contributed by atoms with van der Waals surface area (Å²) in [5, 5.41) is 1.70. The summed E-state index contributed by atoms with van der Waals surface area (Å²) in [5.41, 5.74) is 1.78. The summed E-state index contributed by atoms with van der Waals surface area (Å²) in [7, 11) is -3.76. The molecule has 162 valence electrons. The molecule has 3 aromatic rings. The molecule has 6 nitrogen and oxygen atoms in total. The number of hydrogen-bond acceptors (Lipinski definition) is 7. The lowest BCUT2D eigenvalue weighted by Gasteiger charge is -2.35. The largest absolute Gasteiger partial charge is 0.457 e. The van der Waals surface area contributed by atoms with E-state index < -0.39 is 28.6 Å². The molecule has 1 aliphatic heterocycles. The zero-order valence-corrected chi connectivity index (χ0v) is 19.4. The summed E-state index contributed by atoms with van der Waals surface area (Å²) < 4.78 is 33.7. The smallest absolute Gasteiger partial charge is 0.308 e. The van der Waals surface area contributed by atoms with E-state index >= 15 is 0 Å². The van der Waals surface area contributed by atoms with Gasteiger partial charge in [0.2, 0.25) is 5.78 Å². The van der Waals surface area contributed by atoms with Gasteiger partial charge in [-0.1, -0.05) is 41.9 Å². The molecule has 0 saturated heterocycles. The van der Waals surface area contributed by atoms with Crippen molar-refractivity contribution in [2.45, 2.75) is 23.1 Å². The molecule has 0 bridgehead atoms. The monoisotopic (exact) mass is 495 g/mol. The number of sulfonamides is 1. The highest BCUT2D eigenvalue weighted by Gasteiger charge is 2.38. The van der Waals surface area contributed by atoms with Crippen molar-refractivity contribution in [3.05, 3.63) is 74.3 Å². The fourth-order valence-corrected chi connectivity index (χ4v) is 7.24. The predicted molar refractivity (Wildman–Crippen MR) is 120 cm³/mol. The Hall–Kier alpha value is -2.04. The minimum Gasteiger partial charge on any atom is -0.457 e. The highest BCUT2D eigenvalue weighted by molar-refractivity contribution is 7.91. The van der Waals surface area contributed by atoms with Crippen molar-refractivity contribution in [1.82, 2.24) is 4.31 Å². The fourth-order valence-electron chi connectivity index (χ4n) is 3.55. The van der Waals surface area contributed by atoms with Gasteiger partial charge in [-0.05, 0) is 41.1 Å². The molecule has 0 amide bonds. The number of thiophene rings is 2. The molecule has 0 aliphatic carbocycles. The number of carbonyl (C=O) groups is 2. The molecule has 0 spiro atoms. The molecule has 1 atom stereocenters. The maximum absolute atomic E-state index is 13.2. The summed E-state index contributed by atoms with van der Waals surface area (Å²) >= 11 is 8.10. The van der Waals surface area contributed by atoms with Gasteiger partial charge in [0.05, 0.1) is 21.7 Å². The van der Waals surface area contributed by atoms with Crippen LogP contribution in [0.4, 0.5) is 0 Å². The molecule has 31 heavy (non-hydrogen) atoms. The Kier molecular flexibility index (Phi) is 6.59. The molecule has 0 unspecified atom stereocenters. The van der Waals surface area contributed by atoms with Crippen LogP contribution in [0.25, 0.3) is 0 Å². The second-order valence-corrected chi connectivity index (χ2v) is 11.7. The van der Waals surface area contributed by atoms with Gasteiger partial charge >= 0.3 is 5.97 Å². The predicted octanol–water partition coefficient (Wildman–Crippen LogP) is 4.57. The van der Waals surface area contributed by atoms with Gasteiger partial charge < -0.3 is 4.74 Å². The molecular formula is C21H18ClNO5S3. The van der Waals surface area contributed by atoms with Crippen LogP contribution in [-0.4, -0.2) is 37.6 Å². The van der Waals surface area contributed by atoms with Gasteiger partial charge in [-0.2, -0.15) is 4.31 Å². The highest BCUT2D eigenvalue weighted by atomic mass is 35.5. The van der Waals surface area contributed by atoms with Gasteiger partial charge in [0.15, 0.2) is 6.61 Å². The quantitative estimate of drug-likeness (QED) is 0.354. The van der Waals surface area contributed by atoms with Crippen LogP contribution in [0.5, 0.6) is 0 Å². The number of nitrogens with zero attached hydrogens (tertiary/aromatic N) is 1. The zero-order valence-electron chi connectivity index (χ0n) is 16.2. The van der Waals surface area contributed by atoms with E-state index in [1.165, 1.54) is 4.31 Å². The van der Waals surface area contributed by atoms with Crippen molar-refractivity contribution >= 4 is 56.1 Å². The first-order valence-corrected chi connectivity index (χ1v) is 12.9. The number of benzene rings is 1. The van der Waals surface area contributed by atoms with E-state index in [1.807, 2.05) is 24.3 Å². The Morgan fingerprint density at radius 3 is 2.65 bits per heavy atom. The van der Waals surface area contributed by atoms with Crippen LogP contribution >= 0.6 is 34.3 Å². The lowest BCUT2D eigenvalue weighted by Crippen LogP contribution is -2.41. The van der Waals surface area contributed by atoms with Crippen molar-refractivity contribution < 1.29 is 22.7 Å². The Bertz CT molecular complexity index is 1200. The standard InChI is InChI=1S/C21H18ClNO5S3/c22-19-8-7-18(30-19)17(24)13-28-20(25)12-16-15-5-2-1-4-14(15)9-10-23(16)31(26,27)21-6-3-11-29-21/h1-8,11,16H,9-10,12-13H2/t16-/m1/s1. The molecule has 2 aromatic heterocycles. The Morgan fingerprint density at radius 2 is 1.94 bits per heavy atom. The second-order valence-electron chi connectivity index (χ2n) is 6.90. The van der Waals surface area contributed by atoms with Crippen LogP contribution in [0, 0.1) is 0 Å². The van der Waals surface area contributed by atoms with E-state index in [9.17, 15) is 18.0 Å². The normalized spacial score (nSPS) is 16.6. The summed E-state index contributed by atoms with van der Waals surface area (Å²) in [6.45, 7) is -0.149. The molecule has 0 N–H and O–H groups in total. The van der Waals surface area contributed by atoms with Crippen LogP contribution < -0.4 is 0 Å². The first-order valence-electron chi connectivity index (χ1n) is 9.43. The number of hydrogen-bond donors (Lipinski definition) is 0. The van der Waals surface area contributed by atoms with Gasteiger partial charge in [0.1, 0.15) is 4.21 Å². The number of rotatable bonds is 7. The van der Waals surface area contributed by atoms with Crippen molar-refractivity contribution in [3.8, 4) is 0 Å². The van der Waals surface area contributed by atoms with Gasteiger partial charge in [0.25, 0.3) is 10.0 Å². The van der Waals surface area contributed by atoms with E-state index in [0.717, 1.165) is 33.8 Å². The zero-order chi connectivity index (χ0) is 22.0. The van der Waals surface area contributed by atoms with E-state index in [2.05, 4.69) is 0 Å². The summed E-state index contributed by atoms with van der Waals surface area (Å²) in [6, 6.07) is 13.2. The molecule has 1 aromatic carbocycles. The number of ketones is 1. The Balaban J connectivity index is 1.54. The fraction of sp³-hybridized carbons (Fsp3) is 0.238. The Morgan fingerprint density at radius 1 is 1.13 bits per heavy atom. The lowest BCUT2D eigenvalue weighted by atomic mass is 9.92. The van der Waals surface area contributed by atoms with Gasteiger partial charge in [0, 0.05) is 6.54 Å². The van der Waals surface area contributed by atoms with Gasteiger partial charge in [-0.15, -0.1) is 22.7 Å².